The molecule has 3 aliphatic rings. The molecule has 3 aromatic rings. The van der Waals surface area contributed by atoms with E-state index in [4.69, 9.17) is 4.98 Å². The molecule has 1 saturated carbocycles. The number of benzene rings is 2. The third-order valence-electron chi connectivity index (χ3n) is 7.90. The number of nitrogens with one attached hydrogen (secondary N) is 1. The second kappa shape index (κ2) is 9.99. The van der Waals surface area contributed by atoms with Gasteiger partial charge in [-0.2, -0.15) is 0 Å². The highest BCUT2D eigenvalue weighted by molar-refractivity contribution is 5.93. The molecule has 7 heteroatoms. The van der Waals surface area contributed by atoms with Crippen molar-refractivity contribution in [2.24, 2.45) is 0 Å². The van der Waals surface area contributed by atoms with Gasteiger partial charge in [0.05, 0.1) is 6.10 Å². The number of anilines is 1. The van der Waals surface area contributed by atoms with Gasteiger partial charge in [-0.1, -0.05) is 54.6 Å². The lowest BCUT2D eigenvalue weighted by atomic mass is 9.93. The largest absolute Gasteiger partial charge is 0.390 e. The van der Waals surface area contributed by atoms with E-state index in [9.17, 15) is 9.90 Å². The summed E-state index contributed by atoms with van der Waals surface area (Å²) in [4.78, 5) is 27.1. The number of piperidine rings is 1. The Morgan fingerprint density at radius 1 is 0.944 bits per heavy atom. The minimum Gasteiger partial charge on any atom is -0.390 e. The normalized spacial score (nSPS) is 22.5. The summed E-state index contributed by atoms with van der Waals surface area (Å²) in [6.07, 6.45) is 4.62. The van der Waals surface area contributed by atoms with Gasteiger partial charge in [0.25, 0.3) is 5.91 Å². The smallest absolute Gasteiger partial charge is 0.272 e. The Labute approximate surface area is 212 Å². The van der Waals surface area contributed by atoms with Crippen molar-refractivity contribution in [2.75, 3.05) is 25.0 Å². The molecule has 1 aliphatic carbocycles. The molecule has 0 radical (unpaired) electrons. The maximum atomic E-state index is 13.6. The van der Waals surface area contributed by atoms with E-state index in [2.05, 4.69) is 39.5 Å². The molecule has 2 aliphatic heterocycles. The third kappa shape index (κ3) is 4.73. The zero-order valence-corrected chi connectivity index (χ0v) is 20.5. The van der Waals surface area contributed by atoms with Gasteiger partial charge in [0, 0.05) is 49.9 Å². The van der Waals surface area contributed by atoms with Crippen LogP contribution in [0, 0.1) is 0 Å². The number of hydrogen-bond donors (Lipinski definition) is 2. The molecule has 1 amide bonds. The van der Waals surface area contributed by atoms with Gasteiger partial charge >= 0.3 is 0 Å². The summed E-state index contributed by atoms with van der Waals surface area (Å²) in [5.41, 5.74) is 4.01. The number of aliphatic hydroxyl groups excluding tert-OH is 1. The van der Waals surface area contributed by atoms with Crippen molar-refractivity contribution in [1.29, 1.82) is 0 Å². The summed E-state index contributed by atoms with van der Waals surface area (Å²) in [5.74, 6) is 1.10. The molecule has 1 aromatic heterocycles. The predicted octanol–water partition coefficient (Wildman–Crippen LogP) is 3.74. The van der Waals surface area contributed by atoms with E-state index in [1.807, 2.05) is 30.3 Å². The molecule has 186 valence electrons. The van der Waals surface area contributed by atoms with E-state index >= 15 is 0 Å². The molecule has 2 N–H and O–H groups in total. The molecule has 6 rings (SSSR count). The van der Waals surface area contributed by atoms with Crippen LogP contribution in [0.25, 0.3) is 11.4 Å². The number of amides is 1. The molecular formula is C29H33N5O2. The van der Waals surface area contributed by atoms with E-state index in [1.54, 1.807) is 11.0 Å². The van der Waals surface area contributed by atoms with Crippen LogP contribution >= 0.6 is 0 Å². The first-order valence-corrected chi connectivity index (χ1v) is 13.1. The Morgan fingerprint density at radius 2 is 1.72 bits per heavy atom. The summed E-state index contributed by atoms with van der Waals surface area (Å²) in [5, 5.41) is 14.6. The van der Waals surface area contributed by atoms with E-state index in [0.717, 1.165) is 44.3 Å². The highest BCUT2D eigenvalue weighted by atomic mass is 16.3. The second-order valence-electron chi connectivity index (χ2n) is 10.3. The van der Waals surface area contributed by atoms with Crippen LogP contribution in [-0.4, -0.2) is 68.6 Å². The average Bonchev–Trinajstić information content (AvgIpc) is 2.90. The van der Waals surface area contributed by atoms with Crippen LogP contribution in [0.15, 0.2) is 60.7 Å². The average molecular weight is 484 g/mol. The van der Waals surface area contributed by atoms with Gasteiger partial charge in [0.2, 0.25) is 0 Å². The topological polar surface area (TPSA) is 81.6 Å². The van der Waals surface area contributed by atoms with Crippen LogP contribution in [0.5, 0.6) is 0 Å². The fraction of sp³-hybridized carbons (Fsp3) is 0.414. The molecular weight excluding hydrogens is 450 g/mol. The van der Waals surface area contributed by atoms with E-state index < -0.39 is 6.10 Å². The zero-order chi connectivity index (χ0) is 24.5. The standard InChI is InChI=1S/C29H33N5O2/c35-26-19-34(16-14-25(26)33-15-13-20-7-4-5-10-22(20)18-33)29(36)24-17-27(30-23-11-6-12-23)32-28(31-24)21-8-2-1-3-9-21/h1-5,7-10,17,23,25-26,35H,6,11-16,18-19H2,(H,30,31,32)/t25-,26-/m0/s1. The van der Waals surface area contributed by atoms with Gasteiger partial charge in [0.15, 0.2) is 5.82 Å². The Morgan fingerprint density at radius 3 is 2.47 bits per heavy atom. The first-order chi connectivity index (χ1) is 17.6. The molecule has 0 unspecified atom stereocenters. The van der Waals surface area contributed by atoms with Crippen LogP contribution in [0.2, 0.25) is 0 Å². The molecule has 0 bridgehead atoms. The van der Waals surface area contributed by atoms with E-state index in [-0.39, 0.29) is 11.9 Å². The lowest BCUT2D eigenvalue weighted by Gasteiger charge is -2.43. The van der Waals surface area contributed by atoms with Gasteiger partial charge in [-0.15, -0.1) is 0 Å². The number of fused-ring (bicyclic) bond motifs is 1. The first kappa shape index (κ1) is 23.1. The Balaban J connectivity index is 1.18. The van der Waals surface area contributed by atoms with Gasteiger partial charge in [-0.25, -0.2) is 9.97 Å². The molecule has 3 heterocycles. The van der Waals surface area contributed by atoms with Gasteiger partial charge in [0.1, 0.15) is 11.5 Å². The Kier molecular flexibility index (Phi) is 6.42. The van der Waals surface area contributed by atoms with Gasteiger partial charge in [-0.05, 0) is 43.2 Å². The summed E-state index contributed by atoms with van der Waals surface area (Å²) in [6.45, 7) is 2.72. The minimum atomic E-state index is -0.587. The van der Waals surface area contributed by atoms with Crippen LogP contribution in [0.4, 0.5) is 5.82 Å². The van der Waals surface area contributed by atoms with Crippen LogP contribution in [0.3, 0.4) is 0 Å². The number of carbonyl (C=O) groups is 1. The summed E-state index contributed by atoms with van der Waals surface area (Å²) in [7, 11) is 0. The fourth-order valence-electron chi connectivity index (χ4n) is 5.60. The van der Waals surface area contributed by atoms with E-state index in [0.29, 0.717) is 36.5 Å². The second-order valence-corrected chi connectivity index (χ2v) is 10.3. The molecule has 0 spiro atoms. The number of carbonyl (C=O) groups excluding carboxylic acids is 1. The van der Waals surface area contributed by atoms with Crippen LogP contribution in [0.1, 0.15) is 47.3 Å². The van der Waals surface area contributed by atoms with Crippen molar-refractivity contribution >= 4 is 11.7 Å². The first-order valence-electron chi connectivity index (χ1n) is 13.1. The molecule has 2 fully saturated rings. The quantitative estimate of drug-likeness (QED) is 0.575. The highest BCUT2D eigenvalue weighted by Gasteiger charge is 2.36. The molecule has 2 aromatic carbocycles. The third-order valence-corrected chi connectivity index (χ3v) is 7.90. The number of likely N-dealkylation sites (tertiary alicyclic amines) is 1. The highest BCUT2D eigenvalue weighted by Crippen LogP contribution is 2.28. The van der Waals surface area contributed by atoms with Crippen molar-refractivity contribution < 1.29 is 9.90 Å². The van der Waals surface area contributed by atoms with Crippen LogP contribution in [-0.2, 0) is 13.0 Å². The number of nitrogens with zero attached hydrogens (tertiary/aromatic N) is 4. The van der Waals surface area contributed by atoms with Gasteiger partial charge < -0.3 is 15.3 Å². The zero-order valence-electron chi connectivity index (χ0n) is 20.5. The number of rotatable bonds is 5. The maximum Gasteiger partial charge on any atom is 0.272 e. The Hall–Kier alpha value is -3.29. The summed E-state index contributed by atoms with van der Waals surface area (Å²) < 4.78 is 0. The molecule has 2 atom stereocenters. The number of aromatic nitrogens is 2. The summed E-state index contributed by atoms with van der Waals surface area (Å²) in [6, 6.07) is 20.6. The van der Waals surface area contributed by atoms with Crippen molar-refractivity contribution in [2.45, 2.75) is 56.8 Å². The number of hydrogen-bond acceptors (Lipinski definition) is 6. The molecule has 7 nitrogen and oxygen atoms in total. The number of β-amino-alcohol motifs (C(OH)–C–C–N with tert-alkyl or cyclic N) is 1. The van der Waals surface area contributed by atoms with Crippen molar-refractivity contribution in [3.63, 3.8) is 0 Å². The molecule has 1 saturated heterocycles. The predicted molar refractivity (Wildman–Crippen MR) is 140 cm³/mol. The fourth-order valence-corrected chi connectivity index (χ4v) is 5.60. The van der Waals surface area contributed by atoms with Crippen molar-refractivity contribution in [3.05, 3.63) is 77.5 Å². The van der Waals surface area contributed by atoms with Crippen LogP contribution < -0.4 is 5.32 Å². The van der Waals surface area contributed by atoms with Crippen molar-refractivity contribution in [1.82, 2.24) is 19.8 Å². The van der Waals surface area contributed by atoms with Crippen molar-refractivity contribution in [3.8, 4) is 11.4 Å². The minimum absolute atomic E-state index is 0.0588. The molecule has 36 heavy (non-hydrogen) atoms. The van der Waals surface area contributed by atoms with E-state index in [1.165, 1.54) is 17.5 Å². The lowest BCUT2D eigenvalue weighted by molar-refractivity contribution is -0.0139. The Bertz CT molecular complexity index is 1230. The SMILES string of the molecule is O=C(c1cc(NC2CCC2)nc(-c2ccccc2)n1)N1CC[C@H](N2CCc3ccccc3C2)[C@@H](O)C1. The number of aliphatic hydroxyl groups is 1. The monoisotopic (exact) mass is 483 g/mol. The maximum absolute atomic E-state index is 13.6. The summed E-state index contributed by atoms with van der Waals surface area (Å²) >= 11 is 0. The van der Waals surface area contributed by atoms with Gasteiger partial charge in [-0.3, -0.25) is 9.69 Å². The lowest BCUT2D eigenvalue weighted by Crippen LogP contribution is -2.56.